The molecule has 1 fully saturated rings. The highest BCUT2D eigenvalue weighted by molar-refractivity contribution is 6.10. The third-order valence-electron chi connectivity index (χ3n) is 5.15. The largest absolute Gasteiger partial charge is 0.465 e. The summed E-state index contributed by atoms with van der Waals surface area (Å²) >= 11 is 0. The van der Waals surface area contributed by atoms with Gasteiger partial charge in [-0.25, -0.2) is 4.79 Å². The SMILES string of the molecule is COC(=O)c1c(NC(=O)C(C)(C)C)ccc2c1N(C(C)=O)C[C@@H]1OCC[C@H]21. The average molecular weight is 374 g/mol. The van der Waals surface area contributed by atoms with Crippen molar-refractivity contribution in [3.8, 4) is 0 Å². The van der Waals surface area contributed by atoms with E-state index in [1.165, 1.54) is 14.0 Å². The Morgan fingerprint density at radius 2 is 1.96 bits per heavy atom. The fraction of sp³-hybridized carbons (Fsp3) is 0.550. The van der Waals surface area contributed by atoms with E-state index in [0.29, 0.717) is 24.5 Å². The Kier molecular flexibility index (Phi) is 4.99. The Hall–Kier alpha value is -2.41. The maximum Gasteiger partial charge on any atom is 0.342 e. The Balaban J connectivity index is 2.18. The minimum Gasteiger partial charge on any atom is -0.465 e. The smallest absolute Gasteiger partial charge is 0.342 e. The molecular weight excluding hydrogens is 348 g/mol. The van der Waals surface area contributed by atoms with Crippen molar-refractivity contribution in [2.45, 2.75) is 46.1 Å². The van der Waals surface area contributed by atoms with Crippen LogP contribution in [-0.2, 0) is 19.1 Å². The van der Waals surface area contributed by atoms with Crippen LogP contribution in [0.4, 0.5) is 11.4 Å². The lowest BCUT2D eigenvalue weighted by atomic mass is 9.84. The maximum absolute atomic E-state index is 12.7. The summed E-state index contributed by atoms with van der Waals surface area (Å²) in [7, 11) is 1.29. The molecule has 2 atom stereocenters. The summed E-state index contributed by atoms with van der Waals surface area (Å²) in [6, 6.07) is 3.59. The number of fused-ring (bicyclic) bond motifs is 3. The minimum atomic E-state index is -0.631. The molecule has 2 amide bonds. The van der Waals surface area contributed by atoms with Crippen LogP contribution in [0.25, 0.3) is 0 Å². The van der Waals surface area contributed by atoms with Crippen molar-refractivity contribution in [2.75, 3.05) is 30.5 Å². The summed E-state index contributed by atoms with van der Waals surface area (Å²) in [6.45, 7) is 7.84. The summed E-state index contributed by atoms with van der Waals surface area (Å²) in [6.07, 6.45) is 0.750. The number of rotatable bonds is 2. The van der Waals surface area contributed by atoms with Gasteiger partial charge >= 0.3 is 5.97 Å². The van der Waals surface area contributed by atoms with Gasteiger partial charge in [-0.05, 0) is 18.1 Å². The molecular formula is C20H26N2O5. The van der Waals surface area contributed by atoms with Crippen LogP contribution >= 0.6 is 0 Å². The Morgan fingerprint density at radius 1 is 1.26 bits per heavy atom. The molecule has 2 aliphatic rings. The lowest BCUT2D eigenvalue weighted by molar-refractivity contribution is -0.123. The fourth-order valence-corrected chi connectivity index (χ4v) is 3.66. The number of hydrogen-bond donors (Lipinski definition) is 1. The molecule has 0 aromatic heterocycles. The number of benzene rings is 1. The van der Waals surface area contributed by atoms with E-state index in [9.17, 15) is 14.4 Å². The topological polar surface area (TPSA) is 84.9 Å². The highest BCUT2D eigenvalue weighted by atomic mass is 16.5. The predicted octanol–water partition coefficient (Wildman–Crippen LogP) is 2.70. The van der Waals surface area contributed by atoms with Crippen molar-refractivity contribution in [2.24, 2.45) is 5.41 Å². The number of nitrogens with one attached hydrogen (secondary N) is 1. The molecule has 27 heavy (non-hydrogen) atoms. The maximum atomic E-state index is 12.7. The molecule has 146 valence electrons. The van der Waals surface area contributed by atoms with E-state index < -0.39 is 11.4 Å². The van der Waals surface area contributed by atoms with E-state index >= 15 is 0 Å². The third-order valence-corrected chi connectivity index (χ3v) is 5.15. The van der Waals surface area contributed by atoms with E-state index in [4.69, 9.17) is 9.47 Å². The third kappa shape index (κ3) is 3.43. The number of carbonyl (C=O) groups is 3. The quantitative estimate of drug-likeness (QED) is 0.805. The summed E-state index contributed by atoms with van der Waals surface area (Å²) in [5.74, 6) is -0.874. The van der Waals surface area contributed by atoms with Crippen molar-refractivity contribution in [1.29, 1.82) is 0 Å². The highest BCUT2D eigenvalue weighted by Gasteiger charge is 2.42. The molecule has 1 aromatic rings. The van der Waals surface area contributed by atoms with Crippen LogP contribution in [-0.4, -0.2) is 44.1 Å². The molecule has 7 heteroatoms. The molecule has 1 aromatic carbocycles. The lowest BCUT2D eigenvalue weighted by Gasteiger charge is -2.37. The number of nitrogens with zero attached hydrogens (tertiary/aromatic N) is 1. The molecule has 0 bridgehead atoms. The fourth-order valence-electron chi connectivity index (χ4n) is 3.66. The van der Waals surface area contributed by atoms with Crippen molar-refractivity contribution in [1.82, 2.24) is 0 Å². The normalized spacial score (nSPS) is 21.3. The van der Waals surface area contributed by atoms with E-state index in [1.54, 1.807) is 31.7 Å². The molecule has 0 spiro atoms. The monoisotopic (exact) mass is 374 g/mol. The second-order valence-corrected chi connectivity index (χ2v) is 8.06. The number of anilines is 2. The first-order valence-corrected chi connectivity index (χ1v) is 9.11. The highest BCUT2D eigenvalue weighted by Crippen LogP contribution is 2.46. The average Bonchev–Trinajstić information content (AvgIpc) is 3.07. The van der Waals surface area contributed by atoms with Gasteiger partial charge in [-0.1, -0.05) is 26.8 Å². The van der Waals surface area contributed by atoms with Crippen molar-refractivity contribution in [3.63, 3.8) is 0 Å². The molecule has 0 saturated carbocycles. The summed E-state index contributed by atoms with van der Waals surface area (Å²) in [4.78, 5) is 39.0. The van der Waals surface area contributed by atoms with Gasteiger partial charge in [0.25, 0.3) is 0 Å². The molecule has 2 heterocycles. The van der Waals surface area contributed by atoms with Crippen LogP contribution in [0, 0.1) is 5.41 Å². The minimum absolute atomic E-state index is 0.0816. The second kappa shape index (κ2) is 6.96. The number of esters is 1. The summed E-state index contributed by atoms with van der Waals surface area (Å²) in [5, 5.41) is 2.83. The number of ether oxygens (including phenoxy) is 2. The molecule has 0 aliphatic carbocycles. The molecule has 1 saturated heterocycles. The zero-order valence-corrected chi connectivity index (χ0v) is 16.4. The van der Waals surface area contributed by atoms with E-state index in [2.05, 4.69) is 5.32 Å². The molecule has 0 unspecified atom stereocenters. The van der Waals surface area contributed by atoms with Crippen molar-refractivity contribution < 1.29 is 23.9 Å². The van der Waals surface area contributed by atoms with Gasteiger partial charge in [-0.15, -0.1) is 0 Å². The van der Waals surface area contributed by atoms with Crippen LogP contribution in [0.2, 0.25) is 0 Å². The number of hydrogen-bond acceptors (Lipinski definition) is 5. The molecule has 2 aliphatic heterocycles. The van der Waals surface area contributed by atoms with Gasteiger partial charge in [-0.2, -0.15) is 0 Å². The van der Waals surface area contributed by atoms with Gasteiger partial charge in [0.15, 0.2) is 0 Å². The zero-order valence-electron chi connectivity index (χ0n) is 16.4. The summed E-state index contributed by atoms with van der Waals surface area (Å²) in [5.41, 5.74) is 1.34. The van der Waals surface area contributed by atoms with Gasteiger partial charge in [-0.3, -0.25) is 9.59 Å². The van der Waals surface area contributed by atoms with Gasteiger partial charge in [0.2, 0.25) is 11.8 Å². The van der Waals surface area contributed by atoms with Crippen LogP contribution in [0.5, 0.6) is 0 Å². The molecule has 1 N–H and O–H groups in total. The van der Waals surface area contributed by atoms with Crippen LogP contribution in [0.15, 0.2) is 12.1 Å². The molecule has 0 radical (unpaired) electrons. The first kappa shape index (κ1) is 19.4. The van der Waals surface area contributed by atoms with E-state index in [1.807, 2.05) is 6.07 Å². The predicted molar refractivity (Wildman–Crippen MR) is 101 cm³/mol. The standard InChI is InChI=1S/C20H26N2O5/c1-11(23)22-10-15-12(8-9-27-15)13-6-7-14(21-19(25)20(2,3)4)16(17(13)22)18(24)26-5/h6-7,12,15H,8-10H2,1-5H3,(H,21,25)/t12-,15+/m1/s1. The van der Waals surface area contributed by atoms with Crippen LogP contribution in [0.1, 0.15) is 56.0 Å². The molecule has 3 rings (SSSR count). The second-order valence-electron chi connectivity index (χ2n) is 8.06. The number of methoxy groups -OCH3 is 1. The Morgan fingerprint density at radius 3 is 2.56 bits per heavy atom. The van der Waals surface area contributed by atoms with Crippen molar-refractivity contribution >= 4 is 29.2 Å². The Labute approximate surface area is 159 Å². The zero-order chi connectivity index (χ0) is 19.9. The Bertz CT molecular complexity index is 796. The summed E-state index contributed by atoms with van der Waals surface area (Å²) < 4.78 is 10.8. The van der Waals surface area contributed by atoms with Gasteiger partial charge in [0.05, 0.1) is 31.1 Å². The van der Waals surface area contributed by atoms with Crippen LogP contribution in [0.3, 0.4) is 0 Å². The number of amides is 2. The van der Waals surface area contributed by atoms with Gasteiger partial charge in [0, 0.05) is 24.9 Å². The van der Waals surface area contributed by atoms with Crippen LogP contribution < -0.4 is 10.2 Å². The van der Waals surface area contributed by atoms with Gasteiger partial charge in [0.1, 0.15) is 5.56 Å². The van der Waals surface area contributed by atoms with E-state index in [0.717, 1.165) is 12.0 Å². The first-order valence-electron chi connectivity index (χ1n) is 9.11. The van der Waals surface area contributed by atoms with E-state index in [-0.39, 0.29) is 29.4 Å². The van der Waals surface area contributed by atoms with Gasteiger partial charge < -0.3 is 19.7 Å². The van der Waals surface area contributed by atoms with Crippen molar-refractivity contribution in [3.05, 3.63) is 23.3 Å². The first-order chi connectivity index (χ1) is 12.6. The lowest BCUT2D eigenvalue weighted by Crippen LogP contribution is -2.43. The molecule has 7 nitrogen and oxygen atoms in total. The number of carbonyl (C=O) groups excluding carboxylic acids is 3.